The molecule has 0 spiro atoms. The molecule has 0 radical (unpaired) electrons. The van der Waals surface area contributed by atoms with Gasteiger partial charge in [-0.1, -0.05) is 0 Å². The third-order valence-corrected chi connectivity index (χ3v) is 3.80. The van der Waals surface area contributed by atoms with E-state index in [4.69, 9.17) is 16.7 Å². The Balaban J connectivity index is 2.46. The van der Waals surface area contributed by atoms with Gasteiger partial charge in [0, 0.05) is 18.9 Å². The Morgan fingerprint density at radius 1 is 1.47 bits per heavy atom. The quantitative estimate of drug-likeness (QED) is 0.467. The smallest absolute Gasteiger partial charge is 0.294 e. The number of terminal acetylenes is 1. The third kappa shape index (κ3) is 2.54. The average molecular weight is 280 g/mol. The molecule has 3 N–H and O–H groups in total. The molecule has 0 saturated carbocycles. The van der Waals surface area contributed by atoms with Gasteiger partial charge in [-0.3, -0.25) is 9.35 Å². The molecule has 0 aromatic heterocycles. The number of amides is 1. The minimum Gasteiger partial charge on any atom is -0.397 e. The van der Waals surface area contributed by atoms with E-state index >= 15 is 0 Å². The van der Waals surface area contributed by atoms with E-state index in [2.05, 4.69) is 5.92 Å². The van der Waals surface area contributed by atoms with Crippen LogP contribution in [0.25, 0.3) is 0 Å². The van der Waals surface area contributed by atoms with E-state index in [1.165, 1.54) is 23.1 Å². The van der Waals surface area contributed by atoms with Crippen LogP contribution in [-0.2, 0) is 14.9 Å². The lowest BCUT2D eigenvalue weighted by Gasteiger charge is -2.18. The fourth-order valence-electron chi connectivity index (χ4n) is 1.97. The number of carbonyl (C=O) groups is 1. The molecular weight excluding hydrogens is 268 g/mol. The number of hydrogen-bond donors (Lipinski definition) is 2. The Kier molecular flexibility index (Phi) is 3.22. The molecule has 1 aliphatic heterocycles. The van der Waals surface area contributed by atoms with Crippen molar-refractivity contribution in [1.29, 1.82) is 0 Å². The Morgan fingerprint density at radius 2 is 2.16 bits per heavy atom. The normalized spacial score (nSPS) is 19.5. The summed E-state index contributed by atoms with van der Waals surface area (Å²) in [4.78, 5) is 12.9. The first kappa shape index (κ1) is 13.4. The molecule has 1 fully saturated rings. The van der Waals surface area contributed by atoms with Crippen LogP contribution >= 0.6 is 0 Å². The van der Waals surface area contributed by atoms with E-state index in [-0.39, 0.29) is 41.1 Å². The minimum atomic E-state index is -4.34. The molecule has 1 aliphatic rings. The first-order valence-corrected chi connectivity index (χ1v) is 6.90. The number of nitrogens with two attached hydrogens (primary N) is 1. The summed E-state index contributed by atoms with van der Waals surface area (Å²) in [5.74, 6) is 2.05. The zero-order chi connectivity index (χ0) is 14.2. The van der Waals surface area contributed by atoms with Gasteiger partial charge >= 0.3 is 0 Å². The van der Waals surface area contributed by atoms with Crippen LogP contribution in [-0.4, -0.2) is 25.4 Å². The molecule has 100 valence electrons. The van der Waals surface area contributed by atoms with Gasteiger partial charge in [0.15, 0.2) is 0 Å². The zero-order valence-corrected chi connectivity index (χ0v) is 10.7. The number of anilines is 2. The Labute approximate surface area is 111 Å². The second-order valence-electron chi connectivity index (χ2n) is 4.27. The summed E-state index contributed by atoms with van der Waals surface area (Å²) >= 11 is 0. The molecule has 6 nitrogen and oxygen atoms in total. The summed E-state index contributed by atoms with van der Waals surface area (Å²) < 4.78 is 31.2. The predicted octanol–water partition coefficient (Wildman–Crippen LogP) is 0.502. The summed E-state index contributed by atoms with van der Waals surface area (Å²) in [7, 11) is -4.34. The van der Waals surface area contributed by atoms with Gasteiger partial charge in [0.2, 0.25) is 5.91 Å². The number of rotatable bonds is 2. The lowest BCUT2D eigenvalue weighted by molar-refractivity contribution is -0.117. The number of benzene rings is 1. The van der Waals surface area contributed by atoms with Crippen molar-refractivity contribution < 1.29 is 17.8 Å². The monoisotopic (exact) mass is 280 g/mol. The van der Waals surface area contributed by atoms with Crippen molar-refractivity contribution in [2.24, 2.45) is 5.92 Å². The van der Waals surface area contributed by atoms with Gasteiger partial charge in [-0.05, 0) is 18.2 Å². The highest BCUT2D eigenvalue weighted by Gasteiger charge is 2.31. The van der Waals surface area contributed by atoms with Gasteiger partial charge < -0.3 is 10.6 Å². The minimum absolute atomic E-state index is 0.200. The molecule has 1 heterocycles. The molecular formula is C12H12N2O4S. The van der Waals surface area contributed by atoms with Crippen LogP contribution in [0.3, 0.4) is 0 Å². The fourth-order valence-corrected chi connectivity index (χ4v) is 2.47. The average Bonchev–Trinajstić information content (AvgIpc) is 2.69. The fraction of sp³-hybridized carbons (Fsp3) is 0.250. The van der Waals surface area contributed by atoms with E-state index in [9.17, 15) is 13.2 Å². The molecule has 2 rings (SSSR count). The van der Waals surface area contributed by atoms with Gasteiger partial charge in [-0.15, -0.1) is 12.3 Å². The maximum Gasteiger partial charge on any atom is 0.294 e. The summed E-state index contributed by atoms with van der Waals surface area (Å²) in [5.41, 5.74) is 6.24. The second kappa shape index (κ2) is 4.57. The van der Waals surface area contributed by atoms with Gasteiger partial charge in [-0.25, -0.2) is 0 Å². The first-order valence-electron chi connectivity index (χ1n) is 5.46. The largest absolute Gasteiger partial charge is 0.397 e. The summed E-state index contributed by atoms with van der Waals surface area (Å²) in [6.07, 6.45) is 5.48. The van der Waals surface area contributed by atoms with Crippen LogP contribution in [0.1, 0.15) is 6.42 Å². The van der Waals surface area contributed by atoms with Crippen molar-refractivity contribution in [2.45, 2.75) is 11.3 Å². The van der Waals surface area contributed by atoms with Crippen LogP contribution in [0.2, 0.25) is 0 Å². The molecule has 1 aromatic rings. The van der Waals surface area contributed by atoms with E-state index in [1.54, 1.807) is 0 Å². The number of nitrogen functional groups attached to an aromatic ring is 1. The highest BCUT2D eigenvalue weighted by molar-refractivity contribution is 7.85. The molecule has 1 atom stereocenters. The maximum atomic E-state index is 11.8. The van der Waals surface area contributed by atoms with Gasteiger partial charge in [0.1, 0.15) is 0 Å². The van der Waals surface area contributed by atoms with Crippen LogP contribution in [0.5, 0.6) is 0 Å². The molecule has 19 heavy (non-hydrogen) atoms. The highest BCUT2D eigenvalue weighted by atomic mass is 32.2. The standard InChI is InChI=1S/C12H12N2O4S/c1-2-8-5-12(15)14(7-8)11-6-9(19(16,17)18)3-4-10(11)13/h1,3-4,6,8H,5,7,13H2,(H,16,17,18). The SMILES string of the molecule is C#CC1CC(=O)N(c2cc(S(=O)(=O)O)ccc2N)C1. The van der Waals surface area contributed by atoms with Gasteiger partial charge in [0.25, 0.3) is 10.1 Å². The molecule has 0 aliphatic carbocycles. The second-order valence-corrected chi connectivity index (χ2v) is 5.69. The number of nitrogens with zero attached hydrogens (tertiary/aromatic N) is 1. The van der Waals surface area contributed by atoms with Crippen LogP contribution in [0.4, 0.5) is 11.4 Å². The Hall–Kier alpha value is -2.04. The number of hydrogen-bond acceptors (Lipinski definition) is 4. The molecule has 1 aromatic carbocycles. The first-order chi connectivity index (χ1) is 8.82. The van der Waals surface area contributed by atoms with Crippen molar-refractivity contribution in [3.05, 3.63) is 18.2 Å². The molecule has 1 saturated heterocycles. The predicted molar refractivity (Wildman–Crippen MR) is 70.0 cm³/mol. The summed E-state index contributed by atoms with van der Waals surface area (Å²) in [6.45, 7) is 0.286. The highest BCUT2D eigenvalue weighted by Crippen LogP contribution is 2.31. The van der Waals surface area contributed by atoms with E-state index in [1.807, 2.05) is 0 Å². The lowest BCUT2D eigenvalue weighted by atomic mass is 10.1. The lowest BCUT2D eigenvalue weighted by Crippen LogP contribution is -2.25. The summed E-state index contributed by atoms with van der Waals surface area (Å²) in [6, 6.07) is 3.67. The van der Waals surface area contributed by atoms with E-state index in [0.717, 1.165) is 0 Å². The van der Waals surface area contributed by atoms with Crippen LogP contribution < -0.4 is 10.6 Å². The third-order valence-electron chi connectivity index (χ3n) is 2.95. The van der Waals surface area contributed by atoms with Crippen molar-refractivity contribution in [1.82, 2.24) is 0 Å². The van der Waals surface area contributed by atoms with Gasteiger partial charge in [0.05, 0.1) is 16.3 Å². The molecule has 1 amide bonds. The molecule has 7 heteroatoms. The Bertz CT molecular complexity index is 675. The van der Waals surface area contributed by atoms with Gasteiger partial charge in [-0.2, -0.15) is 8.42 Å². The van der Waals surface area contributed by atoms with Crippen molar-refractivity contribution in [2.75, 3.05) is 17.2 Å². The van der Waals surface area contributed by atoms with Crippen LogP contribution in [0, 0.1) is 18.3 Å². The van der Waals surface area contributed by atoms with Crippen molar-refractivity contribution >= 4 is 27.4 Å². The Morgan fingerprint density at radius 3 is 2.68 bits per heavy atom. The van der Waals surface area contributed by atoms with Crippen molar-refractivity contribution in [3.8, 4) is 12.3 Å². The zero-order valence-electron chi connectivity index (χ0n) is 9.91. The van der Waals surface area contributed by atoms with E-state index < -0.39 is 10.1 Å². The maximum absolute atomic E-state index is 11.8. The molecule has 0 bridgehead atoms. The topological polar surface area (TPSA) is 101 Å². The van der Waals surface area contributed by atoms with Crippen molar-refractivity contribution in [3.63, 3.8) is 0 Å². The van der Waals surface area contributed by atoms with E-state index in [0.29, 0.717) is 0 Å². The number of carbonyl (C=O) groups excluding carboxylic acids is 1. The molecule has 1 unspecified atom stereocenters. The van der Waals surface area contributed by atoms with Crippen LogP contribution in [0.15, 0.2) is 23.1 Å². The summed E-state index contributed by atoms with van der Waals surface area (Å²) in [5, 5.41) is 0.